The molecule has 0 saturated carbocycles. The minimum atomic E-state index is 0.528. The van der Waals surface area contributed by atoms with Crippen LogP contribution in [0.1, 0.15) is 37.3 Å². The van der Waals surface area contributed by atoms with Gasteiger partial charge in [-0.1, -0.05) is 56.3 Å². The van der Waals surface area contributed by atoms with E-state index in [4.69, 9.17) is 4.74 Å². The fraction of sp³-hybridized carbons (Fsp3) is 0.368. The van der Waals surface area contributed by atoms with Crippen molar-refractivity contribution in [3.63, 3.8) is 0 Å². The molecule has 0 radical (unpaired) electrons. The Kier molecular flexibility index (Phi) is 6.29. The predicted molar refractivity (Wildman–Crippen MR) is 88.8 cm³/mol. The van der Waals surface area contributed by atoms with Gasteiger partial charge in [0.2, 0.25) is 0 Å². The summed E-state index contributed by atoms with van der Waals surface area (Å²) in [5.41, 5.74) is 2.55. The monoisotopic (exact) mass is 283 g/mol. The molecule has 0 aliphatic rings. The van der Waals surface area contributed by atoms with E-state index >= 15 is 0 Å². The zero-order valence-electron chi connectivity index (χ0n) is 13.0. The Morgan fingerprint density at radius 2 is 1.71 bits per heavy atom. The Labute approximate surface area is 128 Å². The number of ether oxygens (including phenoxy) is 1. The van der Waals surface area contributed by atoms with E-state index in [0.29, 0.717) is 12.5 Å². The van der Waals surface area contributed by atoms with Crippen LogP contribution in [-0.4, -0.2) is 13.1 Å². The number of nitrogens with one attached hydrogen (secondary N) is 1. The fourth-order valence-corrected chi connectivity index (χ4v) is 2.25. The van der Waals surface area contributed by atoms with Crippen molar-refractivity contribution in [1.29, 1.82) is 0 Å². The van der Waals surface area contributed by atoms with E-state index in [9.17, 15) is 0 Å². The first kappa shape index (κ1) is 15.6. The Morgan fingerprint density at radius 1 is 1.00 bits per heavy atom. The van der Waals surface area contributed by atoms with E-state index in [1.54, 1.807) is 0 Å². The van der Waals surface area contributed by atoms with Gasteiger partial charge in [-0.15, -0.1) is 0 Å². The molecule has 0 heterocycles. The van der Waals surface area contributed by atoms with Crippen molar-refractivity contribution in [3.05, 3.63) is 65.7 Å². The lowest BCUT2D eigenvalue weighted by Gasteiger charge is -2.13. The first-order valence-corrected chi connectivity index (χ1v) is 7.77. The van der Waals surface area contributed by atoms with Crippen molar-refractivity contribution in [2.75, 3.05) is 13.1 Å². The van der Waals surface area contributed by atoms with Gasteiger partial charge in [-0.3, -0.25) is 0 Å². The SMILES string of the molecule is CCCNCC(C)c1ccc(OCc2ccccc2)cc1. The average Bonchev–Trinajstić information content (AvgIpc) is 2.54. The van der Waals surface area contributed by atoms with Gasteiger partial charge in [0.1, 0.15) is 12.4 Å². The molecule has 2 heteroatoms. The molecule has 0 aromatic heterocycles. The van der Waals surface area contributed by atoms with Gasteiger partial charge in [0.15, 0.2) is 0 Å². The smallest absolute Gasteiger partial charge is 0.119 e. The lowest BCUT2D eigenvalue weighted by molar-refractivity contribution is 0.306. The highest BCUT2D eigenvalue weighted by Crippen LogP contribution is 2.19. The summed E-state index contributed by atoms with van der Waals surface area (Å²) < 4.78 is 5.81. The molecule has 1 unspecified atom stereocenters. The maximum absolute atomic E-state index is 5.81. The maximum atomic E-state index is 5.81. The molecule has 2 nitrogen and oxygen atoms in total. The van der Waals surface area contributed by atoms with Crippen LogP contribution in [0.3, 0.4) is 0 Å². The first-order valence-electron chi connectivity index (χ1n) is 7.77. The van der Waals surface area contributed by atoms with Crippen LogP contribution in [0.15, 0.2) is 54.6 Å². The zero-order chi connectivity index (χ0) is 14.9. The Bertz CT molecular complexity index is 507. The quantitative estimate of drug-likeness (QED) is 0.726. The molecule has 0 aliphatic carbocycles. The summed E-state index contributed by atoms with van der Waals surface area (Å²) in [5.74, 6) is 1.45. The summed E-state index contributed by atoms with van der Waals surface area (Å²) in [4.78, 5) is 0. The molecule has 1 atom stereocenters. The fourth-order valence-electron chi connectivity index (χ4n) is 2.25. The molecule has 0 spiro atoms. The lowest BCUT2D eigenvalue weighted by atomic mass is 10.0. The number of benzene rings is 2. The second-order valence-electron chi connectivity index (χ2n) is 5.45. The standard InChI is InChI=1S/C19H25NO/c1-3-13-20-14-16(2)18-9-11-19(12-10-18)21-15-17-7-5-4-6-8-17/h4-12,16,20H,3,13-15H2,1-2H3. The molecule has 112 valence electrons. The van der Waals surface area contributed by atoms with Crippen molar-refractivity contribution < 1.29 is 4.74 Å². The van der Waals surface area contributed by atoms with Crippen LogP contribution >= 0.6 is 0 Å². The summed E-state index contributed by atoms with van der Waals surface area (Å²) in [6, 6.07) is 18.7. The van der Waals surface area contributed by atoms with E-state index in [1.807, 2.05) is 18.2 Å². The van der Waals surface area contributed by atoms with Gasteiger partial charge in [0.25, 0.3) is 0 Å². The molecule has 0 bridgehead atoms. The zero-order valence-corrected chi connectivity index (χ0v) is 13.0. The summed E-state index contributed by atoms with van der Waals surface area (Å²) in [6.07, 6.45) is 1.18. The van der Waals surface area contributed by atoms with Gasteiger partial charge in [-0.05, 0) is 42.1 Å². The third-order valence-electron chi connectivity index (χ3n) is 3.57. The summed E-state index contributed by atoms with van der Waals surface area (Å²) in [5, 5.41) is 3.46. The lowest BCUT2D eigenvalue weighted by Crippen LogP contribution is -2.20. The number of rotatable bonds is 8. The van der Waals surface area contributed by atoms with Crippen LogP contribution in [0.25, 0.3) is 0 Å². The van der Waals surface area contributed by atoms with Crippen LogP contribution in [0, 0.1) is 0 Å². The average molecular weight is 283 g/mol. The molecule has 0 fully saturated rings. The number of hydrogen-bond acceptors (Lipinski definition) is 2. The highest BCUT2D eigenvalue weighted by Gasteiger charge is 2.05. The van der Waals surface area contributed by atoms with Gasteiger partial charge in [0.05, 0.1) is 0 Å². The molecule has 0 amide bonds. The second-order valence-corrected chi connectivity index (χ2v) is 5.45. The summed E-state index contributed by atoms with van der Waals surface area (Å²) >= 11 is 0. The van der Waals surface area contributed by atoms with Gasteiger partial charge in [-0.2, -0.15) is 0 Å². The third kappa shape index (κ3) is 5.24. The van der Waals surface area contributed by atoms with Gasteiger partial charge >= 0.3 is 0 Å². The highest BCUT2D eigenvalue weighted by molar-refractivity contribution is 5.29. The van der Waals surface area contributed by atoms with Crippen molar-refractivity contribution in [1.82, 2.24) is 5.32 Å². The molecule has 2 aromatic rings. The van der Waals surface area contributed by atoms with Crippen molar-refractivity contribution in [2.45, 2.75) is 32.8 Å². The van der Waals surface area contributed by atoms with E-state index in [1.165, 1.54) is 17.5 Å². The minimum Gasteiger partial charge on any atom is -0.489 e. The van der Waals surface area contributed by atoms with Crippen LogP contribution in [0.5, 0.6) is 5.75 Å². The summed E-state index contributed by atoms with van der Waals surface area (Å²) in [6.45, 7) is 7.17. The molecule has 0 saturated heterocycles. The van der Waals surface area contributed by atoms with E-state index in [0.717, 1.165) is 18.8 Å². The molecule has 21 heavy (non-hydrogen) atoms. The normalized spacial score (nSPS) is 12.1. The van der Waals surface area contributed by atoms with Crippen LogP contribution in [-0.2, 0) is 6.61 Å². The molecular weight excluding hydrogens is 258 g/mol. The topological polar surface area (TPSA) is 21.3 Å². The van der Waals surface area contributed by atoms with Crippen molar-refractivity contribution in [2.24, 2.45) is 0 Å². The second kappa shape index (κ2) is 8.48. The van der Waals surface area contributed by atoms with E-state index in [-0.39, 0.29) is 0 Å². The van der Waals surface area contributed by atoms with Gasteiger partial charge in [-0.25, -0.2) is 0 Å². The van der Waals surface area contributed by atoms with E-state index in [2.05, 4.69) is 55.6 Å². The third-order valence-corrected chi connectivity index (χ3v) is 3.57. The van der Waals surface area contributed by atoms with Crippen LogP contribution < -0.4 is 10.1 Å². The van der Waals surface area contributed by atoms with Crippen LogP contribution in [0.4, 0.5) is 0 Å². The molecule has 0 aliphatic heterocycles. The molecule has 1 N–H and O–H groups in total. The minimum absolute atomic E-state index is 0.528. The highest BCUT2D eigenvalue weighted by atomic mass is 16.5. The summed E-state index contributed by atoms with van der Waals surface area (Å²) in [7, 11) is 0. The molecular formula is C19H25NO. The van der Waals surface area contributed by atoms with Gasteiger partial charge in [0, 0.05) is 6.54 Å². The molecule has 2 aromatic carbocycles. The Morgan fingerprint density at radius 3 is 2.38 bits per heavy atom. The van der Waals surface area contributed by atoms with Crippen molar-refractivity contribution in [3.8, 4) is 5.75 Å². The first-order chi connectivity index (χ1) is 10.3. The van der Waals surface area contributed by atoms with E-state index < -0.39 is 0 Å². The molecule has 2 rings (SSSR count). The Balaban J connectivity index is 1.84. The maximum Gasteiger partial charge on any atom is 0.119 e. The predicted octanol–water partition coefficient (Wildman–Crippen LogP) is 4.37. The largest absolute Gasteiger partial charge is 0.489 e. The number of hydrogen-bond donors (Lipinski definition) is 1. The van der Waals surface area contributed by atoms with Crippen molar-refractivity contribution >= 4 is 0 Å². The Hall–Kier alpha value is -1.80. The van der Waals surface area contributed by atoms with Gasteiger partial charge < -0.3 is 10.1 Å². The van der Waals surface area contributed by atoms with Crippen LogP contribution in [0.2, 0.25) is 0 Å².